The van der Waals surface area contributed by atoms with Crippen molar-refractivity contribution in [3.05, 3.63) is 70.7 Å². The smallest absolute Gasteiger partial charge is 0.282 e. The number of aryl methyl sites for hydroxylation is 2. The first-order chi connectivity index (χ1) is 14.8. The Morgan fingerprint density at radius 1 is 0.968 bits per heavy atom. The predicted molar refractivity (Wildman–Crippen MR) is 120 cm³/mol. The van der Waals surface area contributed by atoms with Crippen LogP contribution in [0.15, 0.2) is 48.2 Å². The van der Waals surface area contributed by atoms with E-state index in [2.05, 4.69) is 11.9 Å². The molecular weight excluding hydrogens is 393 g/mol. The second-order valence-electron chi connectivity index (χ2n) is 8.59. The van der Waals surface area contributed by atoms with Crippen molar-refractivity contribution in [1.82, 2.24) is 9.80 Å². The van der Waals surface area contributed by atoms with Crippen LogP contribution in [0.3, 0.4) is 0 Å². The predicted octanol–water partition coefficient (Wildman–Crippen LogP) is 3.75. The maximum atomic E-state index is 13.9. The molecule has 2 aliphatic rings. The van der Waals surface area contributed by atoms with Crippen molar-refractivity contribution in [1.29, 1.82) is 0 Å². The summed E-state index contributed by atoms with van der Waals surface area (Å²) < 4.78 is 13.9. The minimum absolute atomic E-state index is 0.164. The summed E-state index contributed by atoms with van der Waals surface area (Å²) in [5.41, 5.74) is 3.92. The summed E-state index contributed by atoms with van der Waals surface area (Å²) in [5.74, 6) is -1.29. The lowest BCUT2D eigenvalue weighted by molar-refractivity contribution is -0.120. The molecule has 1 fully saturated rings. The first kappa shape index (κ1) is 21.2. The highest BCUT2D eigenvalue weighted by Crippen LogP contribution is 2.36. The average Bonchev–Trinajstić information content (AvgIpc) is 3.00. The van der Waals surface area contributed by atoms with Crippen LogP contribution in [0.5, 0.6) is 0 Å². The fourth-order valence-electron chi connectivity index (χ4n) is 4.42. The fraction of sp³-hybridized carbons (Fsp3) is 0.360. The summed E-state index contributed by atoms with van der Waals surface area (Å²) in [5, 5.41) is 0. The molecule has 0 atom stereocenters. The van der Waals surface area contributed by atoms with Crippen molar-refractivity contribution in [2.45, 2.75) is 32.7 Å². The van der Waals surface area contributed by atoms with E-state index in [0.717, 1.165) is 47.5 Å². The molecule has 0 N–H and O–H groups in total. The van der Waals surface area contributed by atoms with Crippen molar-refractivity contribution in [3.8, 4) is 0 Å². The van der Waals surface area contributed by atoms with Gasteiger partial charge in [-0.05, 0) is 81.7 Å². The molecule has 2 aromatic rings. The van der Waals surface area contributed by atoms with Crippen LogP contribution < -0.4 is 4.90 Å². The maximum Gasteiger partial charge on any atom is 0.282 e. The van der Waals surface area contributed by atoms with E-state index in [0.29, 0.717) is 11.3 Å². The van der Waals surface area contributed by atoms with E-state index in [4.69, 9.17) is 0 Å². The van der Waals surface area contributed by atoms with E-state index in [-0.39, 0.29) is 11.7 Å². The fourth-order valence-corrected chi connectivity index (χ4v) is 4.42. The number of carbonyl (C=O) groups is 2. The third-order valence-electron chi connectivity index (χ3n) is 6.51. The van der Waals surface area contributed by atoms with Gasteiger partial charge >= 0.3 is 0 Å². The lowest BCUT2D eigenvalue weighted by Gasteiger charge is -2.36. The molecule has 31 heavy (non-hydrogen) atoms. The molecule has 4 rings (SSSR count). The van der Waals surface area contributed by atoms with Gasteiger partial charge in [0.15, 0.2) is 0 Å². The number of halogens is 1. The molecule has 0 aliphatic carbocycles. The molecule has 0 bridgehead atoms. The standard InChI is InChI=1S/C25H28FN3O2/c1-16-8-9-18(14-17(16)2)22-23(28(4)20-10-12-27(3)13-11-20)25(31)29(24(22)30)21-7-5-6-19(26)15-21/h5-9,14-15,20H,10-13H2,1-4H3. The normalized spacial score (nSPS) is 18.3. The topological polar surface area (TPSA) is 43.9 Å². The SMILES string of the molecule is Cc1ccc(C2=C(N(C)C3CCN(C)CC3)C(=O)N(c3cccc(F)c3)C2=O)cc1C. The molecule has 0 aromatic heterocycles. The Morgan fingerprint density at radius 3 is 2.32 bits per heavy atom. The van der Waals surface area contributed by atoms with Gasteiger partial charge in [0.2, 0.25) is 0 Å². The van der Waals surface area contributed by atoms with Gasteiger partial charge in [0, 0.05) is 13.1 Å². The molecule has 2 amide bonds. The quantitative estimate of drug-likeness (QED) is 0.706. The van der Waals surface area contributed by atoms with Gasteiger partial charge in [0.05, 0.1) is 11.3 Å². The highest BCUT2D eigenvalue weighted by Gasteiger charge is 2.43. The summed E-state index contributed by atoms with van der Waals surface area (Å²) in [7, 11) is 3.98. The van der Waals surface area contributed by atoms with Gasteiger partial charge in [0.1, 0.15) is 11.5 Å². The molecule has 2 heterocycles. The average molecular weight is 422 g/mol. The van der Waals surface area contributed by atoms with Crippen LogP contribution in [-0.4, -0.2) is 54.8 Å². The Morgan fingerprint density at radius 2 is 1.68 bits per heavy atom. The summed E-state index contributed by atoms with van der Waals surface area (Å²) in [6.07, 6.45) is 1.83. The first-order valence-electron chi connectivity index (χ1n) is 10.7. The molecule has 2 aliphatic heterocycles. The van der Waals surface area contributed by atoms with Gasteiger partial charge in [-0.3, -0.25) is 9.59 Å². The van der Waals surface area contributed by atoms with E-state index in [1.54, 1.807) is 6.07 Å². The second kappa shape index (κ2) is 8.27. The maximum absolute atomic E-state index is 13.9. The molecule has 0 spiro atoms. The highest BCUT2D eigenvalue weighted by molar-refractivity contribution is 6.45. The summed E-state index contributed by atoms with van der Waals surface area (Å²) in [6, 6.07) is 11.6. The van der Waals surface area contributed by atoms with Gasteiger partial charge in [-0.25, -0.2) is 9.29 Å². The van der Waals surface area contributed by atoms with Crippen molar-refractivity contribution >= 4 is 23.1 Å². The minimum Gasteiger partial charge on any atom is -0.366 e. The molecule has 2 aromatic carbocycles. The molecule has 5 nitrogen and oxygen atoms in total. The van der Waals surface area contributed by atoms with Gasteiger partial charge in [-0.2, -0.15) is 0 Å². The van der Waals surface area contributed by atoms with Crippen LogP contribution in [0.4, 0.5) is 10.1 Å². The number of imide groups is 1. The number of piperidine rings is 1. The van der Waals surface area contributed by atoms with Crippen molar-refractivity contribution < 1.29 is 14.0 Å². The monoisotopic (exact) mass is 421 g/mol. The van der Waals surface area contributed by atoms with E-state index in [1.165, 1.54) is 18.2 Å². The van der Waals surface area contributed by atoms with Crippen molar-refractivity contribution in [2.24, 2.45) is 0 Å². The molecule has 1 saturated heterocycles. The summed E-state index contributed by atoms with van der Waals surface area (Å²) in [6.45, 7) is 5.89. The summed E-state index contributed by atoms with van der Waals surface area (Å²) >= 11 is 0. The van der Waals surface area contributed by atoms with Gasteiger partial charge in [-0.15, -0.1) is 0 Å². The van der Waals surface area contributed by atoms with E-state index >= 15 is 0 Å². The molecule has 162 valence electrons. The van der Waals surface area contributed by atoms with E-state index in [9.17, 15) is 14.0 Å². The Labute approximate surface area is 182 Å². The third-order valence-corrected chi connectivity index (χ3v) is 6.51. The van der Waals surface area contributed by atoms with Gasteiger partial charge in [-0.1, -0.05) is 24.3 Å². The Hall–Kier alpha value is -2.99. The Bertz CT molecular complexity index is 1070. The van der Waals surface area contributed by atoms with E-state index < -0.39 is 17.6 Å². The van der Waals surface area contributed by atoms with Gasteiger partial charge < -0.3 is 9.80 Å². The van der Waals surface area contributed by atoms with Crippen LogP contribution in [0.2, 0.25) is 0 Å². The number of likely N-dealkylation sites (tertiary alicyclic amines) is 1. The highest BCUT2D eigenvalue weighted by atomic mass is 19.1. The van der Waals surface area contributed by atoms with Crippen molar-refractivity contribution in [2.75, 3.05) is 32.1 Å². The molecule has 6 heteroatoms. The number of likely N-dealkylation sites (N-methyl/N-ethyl adjacent to an activating group) is 1. The number of rotatable bonds is 4. The Balaban J connectivity index is 1.81. The molecule has 0 saturated carbocycles. The van der Waals surface area contributed by atoms with Crippen LogP contribution in [0, 0.1) is 19.7 Å². The zero-order valence-electron chi connectivity index (χ0n) is 18.5. The number of hydrogen-bond acceptors (Lipinski definition) is 4. The third kappa shape index (κ3) is 3.88. The number of carbonyl (C=O) groups excluding carboxylic acids is 2. The van der Waals surface area contributed by atoms with E-state index in [1.807, 2.05) is 44.0 Å². The lowest BCUT2D eigenvalue weighted by Crippen LogP contribution is -2.43. The van der Waals surface area contributed by atoms with Crippen LogP contribution >= 0.6 is 0 Å². The first-order valence-corrected chi connectivity index (χ1v) is 10.7. The van der Waals surface area contributed by atoms with Crippen LogP contribution in [0.25, 0.3) is 5.57 Å². The van der Waals surface area contributed by atoms with Gasteiger partial charge in [0.25, 0.3) is 11.8 Å². The number of nitrogens with zero attached hydrogens (tertiary/aromatic N) is 3. The largest absolute Gasteiger partial charge is 0.366 e. The molecule has 0 radical (unpaired) electrons. The number of benzene rings is 2. The number of anilines is 1. The zero-order chi connectivity index (χ0) is 22.3. The molecular formula is C25H28FN3O2. The van der Waals surface area contributed by atoms with Crippen LogP contribution in [0.1, 0.15) is 29.5 Å². The molecule has 0 unspecified atom stereocenters. The summed E-state index contributed by atoms with van der Waals surface area (Å²) in [4.78, 5) is 32.5. The van der Waals surface area contributed by atoms with Crippen LogP contribution in [-0.2, 0) is 9.59 Å². The lowest BCUT2D eigenvalue weighted by atomic mass is 9.97. The second-order valence-corrected chi connectivity index (χ2v) is 8.59. The Kier molecular flexibility index (Phi) is 5.67. The minimum atomic E-state index is -0.483. The number of hydrogen-bond donors (Lipinski definition) is 0. The number of amides is 2. The zero-order valence-corrected chi connectivity index (χ0v) is 18.5. The van der Waals surface area contributed by atoms with Crippen molar-refractivity contribution in [3.63, 3.8) is 0 Å².